The van der Waals surface area contributed by atoms with Gasteiger partial charge in [-0.15, -0.1) is 5.10 Å². The van der Waals surface area contributed by atoms with Gasteiger partial charge in [0.15, 0.2) is 0 Å². The van der Waals surface area contributed by atoms with E-state index in [1.807, 2.05) is 57.9 Å². The van der Waals surface area contributed by atoms with Crippen molar-refractivity contribution in [2.24, 2.45) is 0 Å². The number of aromatic nitrogens is 4. The summed E-state index contributed by atoms with van der Waals surface area (Å²) in [6, 6.07) is 18.4. The first kappa shape index (κ1) is 16.2. The lowest BCUT2D eigenvalue weighted by Crippen LogP contribution is -2.01. The van der Waals surface area contributed by atoms with Gasteiger partial charge >= 0.3 is 0 Å². The number of benzene rings is 1. The van der Waals surface area contributed by atoms with Crippen molar-refractivity contribution in [1.29, 1.82) is 5.26 Å². The van der Waals surface area contributed by atoms with Gasteiger partial charge in [0.2, 0.25) is 5.16 Å². The van der Waals surface area contributed by atoms with Crippen LogP contribution in [-0.4, -0.2) is 19.2 Å². The van der Waals surface area contributed by atoms with Crippen LogP contribution in [0.4, 0.5) is 0 Å². The summed E-state index contributed by atoms with van der Waals surface area (Å²) in [6.07, 6.45) is 6.35. The molecule has 3 heterocycles. The Morgan fingerprint density at radius 1 is 1.11 bits per heavy atom. The number of fused-ring (bicyclic) bond motifs is 1. The van der Waals surface area contributed by atoms with Gasteiger partial charge in [0.1, 0.15) is 11.9 Å². The Morgan fingerprint density at radius 2 is 1.93 bits per heavy atom. The van der Waals surface area contributed by atoms with Crippen molar-refractivity contribution in [3.8, 4) is 11.8 Å². The fraction of sp³-hybridized carbons (Fsp3) is 0.190. The number of nitrogens with zero attached hydrogens (tertiary/aromatic N) is 5. The highest BCUT2D eigenvalue weighted by Gasteiger charge is 2.30. The van der Waals surface area contributed by atoms with Gasteiger partial charge in [0.25, 0.3) is 0 Å². The summed E-state index contributed by atoms with van der Waals surface area (Å²) in [7, 11) is 0. The van der Waals surface area contributed by atoms with Gasteiger partial charge in [-0.2, -0.15) is 5.26 Å². The van der Waals surface area contributed by atoms with Crippen LogP contribution in [0.15, 0.2) is 66.1 Å². The van der Waals surface area contributed by atoms with Crippen LogP contribution in [0.3, 0.4) is 0 Å². The van der Waals surface area contributed by atoms with E-state index in [9.17, 15) is 5.26 Å². The third-order valence-electron chi connectivity index (χ3n) is 4.79. The van der Waals surface area contributed by atoms with Crippen LogP contribution in [0, 0.1) is 11.3 Å². The first-order valence-electron chi connectivity index (χ1n) is 8.97. The molecule has 5 rings (SSSR count). The van der Waals surface area contributed by atoms with Crippen molar-refractivity contribution in [3.05, 3.63) is 77.9 Å². The molecule has 0 radical (unpaired) electrons. The topological polar surface area (TPSA) is 58.9 Å². The highest BCUT2D eigenvalue weighted by atomic mass is 32.2. The Balaban J connectivity index is 1.45. The van der Waals surface area contributed by atoms with Crippen LogP contribution in [0.25, 0.3) is 11.2 Å². The van der Waals surface area contributed by atoms with Crippen molar-refractivity contribution in [2.45, 2.75) is 29.7 Å². The van der Waals surface area contributed by atoms with Crippen molar-refractivity contribution >= 4 is 17.3 Å². The van der Waals surface area contributed by atoms with Gasteiger partial charge in [0, 0.05) is 24.1 Å². The Morgan fingerprint density at radius 3 is 2.70 bits per heavy atom. The van der Waals surface area contributed by atoms with Gasteiger partial charge < -0.3 is 4.40 Å². The molecule has 6 heteroatoms. The maximum Gasteiger partial charge on any atom is 0.209 e. The van der Waals surface area contributed by atoms with Crippen molar-refractivity contribution < 1.29 is 0 Å². The number of hydrogen-bond donors (Lipinski definition) is 0. The third kappa shape index (κ3) is 3.00. The van der Waals surface area contributed by atoms with Gasteiger partial charge in [-0.3, -0.25) is 0 Å². The van der Waals surface area contributed by atoms with E-state index >= 15 is 0 Å². The Labute approximate surface area is 161 Å². The zero-order valence-corrected chi connectivity index (χ0v) is 15.4. The largest absolute Gasteiger partial charge is 0.322 e. The maximum atomic E-state index is 9.57. The highest BCUT2D eigenvalue weighted by molar-refractivity contribution is 7.98. The predicted octanol–water partition coefficient (Wildman–Crippen LogP) is 4.56. The smallest absolute Gasteiger partial charge is 0.209 e. The fourth-order valence-corrected chi connectivity index (χ4v) is 4.09. The maximum absolute atomic E-state index is 9.57. The van der Waals surface area contributed by atoms with E-state index < -0.39 is 0 Å². The van der Waals surface area contributed by atoms with E-state index in [1.54, 1.807) is 11.8 Å². The molecular weight excluding hydrogens is 354 g/mol. The molecule has 132 valence electrons. The lowest BCUT2D eigenvalue weighted by atomic mass is 10.2. The second-order valence-electron chi connectivity index (χ2n) is 6.70. The van der Waals surface area contributed by atoms with Gasteiger partial charge in [-0.05, 0) is 42.7 Å². The zero-order valence-electron chi connectivity index (χ0n) is 14.6. The minimum atomic E-state index is 0.513. The molecule has 0 atom stereocenters. The molecular formula is C21H17N5S. The summed E-state index contributed by atoms with van der Waals surface area (Å²) >= 11 is 1.59. The molecule has 0 saturated heterocycles. The van der Waals surface area contributed by atoms with Gasteiger partial charge in [-0.25, -0.2) is 9.67 Å². The summed E-state index contributed by atoms with van der Waals surface area (Å²) in [6.45, 7) is 0. The van der Waals surface area contributed by atoms with Crippen LogP contribution in [0.1, 0.15) is 35.7 Å². The fourth-order valence-electron chi connectivity index (χ4n) is 3.29. The molecule has 5 nitrogen and oxygen atoms in total. The molecule has 0 amide bonds. The first-order valence-corrected chi connectivity index (χ1v) is 9.96. The van der Waals surface area contributed by atoms with Crippen LogP contribution in [0.2, 0.25) is 0 Å². The average Bonchev–Trinajstić information content (AvgIpc) is 3.37. The SMILES string of the molecule is N#Cc1c(CSc2nc(C3CC3)n(-c3ccccc3)n2)cn2ccccc12. The van der Waals surface area contributed by atoms with E-state index in [0.29, 0.717) is 11.7 Å². The second-order valence-corrected chi connectivity index (χ2v) is 7.64. The van der Waals surface area contributed by atoms with Crippen molar-refractivity contribution in [1.82, 2.24) is 19.2 Å². The monoisotopic (exact) mass is 371 g/mol. The van der Waals surface area contributed by atoms with Crippen molar-refractivity contribution in [2.75, 3.05) is 0 Å². The standard InChI is InChI=1S/C21H17N5S/c22-12-18-16(13-25-11-5-4-8-19(18)25)14-27-21-23-20(15-9-10-15)26(24-21)17-6-2-1-3-7-17/h1-8,11,13,15H,9-10,14H2. The Kier molecular flexibility index (Phi) is 3.95. The number of rotatable bonds is 5. The van der Waals surface area contributed by atoms with Crippen LogP contribution < -0.4 is 0 Å². The molecule has 1 aliphatic rings. The average molecular weight is 371 g/mol. The number of thioether (sulfide) groups is 1. The molecule has 0 N–H and O–H groups in total. The third-order valence-corrected chi connectivity index (χ3v) is 5.67. The lowest BCUT2D eigenvalue weighted by molar-refractivity contribution is 0.782. The van der Waals surface area contributed by atoms with Gasteiger partial charge in [0.05, 0.1) is 16.8 Å². The van der Waals surface area contributed by atoms with Crippen LogP contribution in [-0.2, 0) is 5.75 Å². The normalized spacial score (nSPS) is 13.7. The molecule has 0 unspecified atom stereocenters. The molecule has 0 bridgehead atoms. The minimum absolute atomic E-state index is 0.513. The Bertz CT molecular complexity index is 1150. The molecule has 1 fully saturated rings. The summed E-state index contributed by atoms with van der Waals surface area (Å²) in [5, 5.41) is 15.1. The summed E-state index contributed by atoms with van der Waals surface area (Å²) < 4.78 is 3.97. The van der Waals surface area contributed by atoms with Gasteiger partial charge in [-0.1, -0.05) is 36.0 Å². The molecule has 3 aromatic heterocycles. The number of hydrogen-bond acceptors (Lipinski definition) is 4. The molecule has 0 aliphatic heterocycles. The molecule has 0 spiro atoms. The molecule has 1 saturated carbocycles. The summed E-state index contributed by atoms with van der Waals surface area (Å²) in [5.41, 5.74) is 3.73. The predicted molar refractivity (Wildman–Crippen MR) is 105 cm³/mol. The highest BCUT2D eigenvalue weighted by Crippen LogP contribution is 2.40. The van der Waals surface area contributed by atoms with Crippen molar-refractivity contribution in [3.63, 3.8) is 0 Å². The summed E-state index contributed by atoms with van der Waals surface area (Å²) in [5.74, 6) is 2.23. The first-order chi connectivity index (χ1) is 13.3. The molecule has 1 aromatic carbocycles. The number of para-hydroxylation sites is 1. The number of pyridine rings is 1. The molecule has 4 aromatic rings. The summed E-state index contributed by atoms with van der Waals surface area (Å²) in [4.78, 5) is 4.80. The zero-order chi connectivity index (χ0) is 18.2. The lowest BCUT2D eigenvalue weighted by Gasteiger charge is -2.03. The van der Waals surface area contributed by atoms with E-state index in [0.717, 1.165) is 33.3 Å². The second kappa shape index (κ2) is 6.60. The Hall–Kier alpha value is -3.04. The van der Waals surface area contributed by atoms with E-state index in [4.69, 9.17) is 10.1 Å². The quantitative estimate of drug-likeness (QED) is 0.483. The molecule has 27 heavy (non-hydrogen) atoms. The van der Waals surface area contributed by atoms with E-state index in [-0.39, 0.29) is 0 Å². The molecule has 1 aliphatic carbocycles. The van der Waals surface area contributed by atoms with Crippen LogP contribution >= 0.6 is 11.8 Å². The van der Waals surface area contributed by atoms with Crippen LogP contribution in [0.5, 0.6) is 0 Å². The number of nitriles is 1. The van der Waals surface area contributed by atoms with E-state index in [1.165, 1.54) is 12.8 Å². The minimum Gasteiger partial charge on any atom is -0.322 e. The van der Waals surface area contributed by atoms with E-state index in [2.05, 4.69) is 18.2 Å².